The number of aliphatic imine (C=N–C) groups is 1. The number of piperazine rings is 1. The molecule has 188 valence electrons. The molecule has 0 aliphatic carbocycles. The van der Waals surface area contributed by atoms with Gasteiger partial charge >= 0.3 is 0 Å². The normalized spacial score (nSPS) is 18.7. The standard InChI is InChI=1S/C24H41N5O3.HI/c1-25-24(26-18-20-7-9-27(10-8-20)15-16-30-2)29-13-11-28(12-14-29)19-21-17-22(31-3)5-6-23(21)32-4;/h5-6,17,20H,7-16,18-19H2,1-4H3,(H,25,26);1H. The van der Waals surface area contributed by atoms with Gasteiger partial charge in [0, 0.05) is 65.5 Å². The zero-order chi connectivity index (χ0) is 22.8. The maximum atomic E-state index is 5.55. The molecule has 2 heterocycles. The van der Waals surface area contributed by atoms with Crippen molar-refractivity contribution in [1.82, 2.24) is 20.0 Å². The molecule has 0 amide bonds. The van der Waals surface area contributed by atoms with Gasteiger partial charge in [-0.05, 0) is 50.0 Å². The van der Waals surface area contributed by atoms with Crippen LogP contribution in [-0.2, 0) is 11.3 Å². The number of hydrogen-bond donors (Lipinski definition) is 1. The summed E-state index contributed by atoms with van der Waals surface area (Å²) >= 11 is 0. The highest BCUT2D eigenvalue weighted by molar-refractivity contribution is 14.0. The molecule has 1 N–H and O–H groups in total. The first-order valence-corrected chi connectivity index (χ1v) is 11.8. The van der Waals surface area contributed by atoms with Crippen LogP contribution < -0.4 is 14.8 Å². The molecule has 0 bridgehead atoms. The lowest BCUT2D eigenvalue weighted by Gasteiger charge is -2.37. The molecule has 2 fully saturated rings. The summed E-state index contributed by atoms with van der Waals surface area (Å²) in [5, 5.41) is 3.64. The summed E-state index contributed by atoms with van der Waals surface area (Å²) in [6, 6.07) is 6.00. The Hall–Kier alpha value is -1.30. The van der Waals surface area contributed by atoms with Crippen LogP contribution in [-0.4, -0.2) is 108 Å². The molecule has 3 rings (SSSR count). The van der Waals surface area contributed by atoms with Crippen molar-refractivity contribution in [3.8, 4) is 11.5 Å². The predicted molar refractivity (Wildman–Crippen MR) is 144 cm³/mol. The molecule has 0 aromatic heterocycles. The molecule has 0 spiro atoms. The van der Waals surface area contributed by atoms with Crippen molar-refractivity contribution in [2.45, 2.75) is 19.4 Å². The van der Waals surface area contributed by atoms with Crippen LogP contribution in [0.15, 0.2) is 23.2 Å². The number of nitrogens with zero attached hydrogens (tertiary/aromatic N) is 4. The molecule has 1 aromatic carbocycles. The smallest absolute Gasteiger partial charge is 0.193 e. The lowest BCUT2D eigenvalue weighted by molar-refractivity contribution is 0.120. The third-order valence-electron chi connectivity index (χ3n) is 6.63. The topological polar surface area (TPSA) is 61.8 Å². The van der Waals surface area contributed by atoms with E-state index in [0.717, 1.165) is 69.9 Å². The van der Waals surface area contributed by atoms with Gasteiger partial charge in [-0.15, -0.1) is 24.0 Å². The van der Waals surface area contributed by atoms with Gasteiger partial charge in [-0.3, -0.25) is 9.89 Å². The first kappa shape index (κ1) is 27.9. The lowest BCUT2D eigenvalue weighted by atomic mass is 9.97. The van der Waals surface area contributed by atoms with Gasteiger partial charge in [-0.1, -0.05) is 0 Å². The summed E-state index contributed by atoms with van der Waals surface area (Å²) in [6.45, 7) is 10.0. The van der Waals surface area contributed by atoms with E-state index in [1.165, 1.54) is 31.5 Å². The minimum atomic E-state index is 0. The highest BCUT2D eigenvalue weighted by atomic mass is 127. The molecule has 2 aliphatic rings. The van der Waals surface area contributed by atoms with E-state index in [0.29, 0.717) is 5.92 Å². The van der Waals surface area contributed by atoms with Gasteiger partial charge in [0.25, 0.3) is 0 Å². The quantitative estimate of drug-likeness (QED) is 0.276. The molecular formula is C24H42IN5O3. The van der Waals surface area contributed by atoms with Gasteiger partial charge in [0.15, 0.2) is 5.96 Å². The molecule has 2 saturated heterocycles. The third kappa shape index (κ3) is 8.45. The van der Waals surface area contributed by atoms with E-state index < -0.39 is 0 Å². The van der Waals surface area contributed by atoms with Crippen molar-refractivity contribution in [3.05, 3.63) is 23.8 Å². The number of methoxy groups -OCH3 is 3. The Morgan fingerprint density at radius 3 is 2.33 bits per heavy atom. The molecule has 33 heavy (non-hydrogen) atoms. The van der Waals surface area contributed by atoms with Crippen LogP contribution in [0.25, 0.3) is 0 Å². The average molecular weight is 576 g/mol. The van der Waals surface area contributed by atoms with Gasteiger partial charge in [0.2, 0.25) is 0 Å². The van der Waals surface area contributed by atoms with Crippen molar-refractivity contribution >= 4 is 29.9 Å². The van der Waals surface area contributed by atoms with Crippen LogP contribution in [0.4, 0.5) is 0 Å². The van der Waals surface area contributed by atoms with Crippen LogP contribution in [0, 0.1) is 5.92 Å². The van der Waals surface area contributed by atoms with Gasteiger partial charge in [-0.25, -0.2) is 0 Å². The van der Waals surface area contributed by atoms with E-state index in [4.69, 9.17) is 14.2 Å². The van der Waals surface area contributed by atoms with Gasteiger partial charge in [-0.2, -0.15) is 0 Å². The van der Waals surface area contributed by atoms with E-state index in [9.17, 15) is 0 Å². The number of hydrogen-bond acceptors (Lipinski definition) is 6. The van der Waals surface area contributed by atoms with E-state index in [1.54, 1.807) is 21.3 Å². The van der Waals surface area contributed by atoms with Crippen molar-refractivity contribution in [1.29, 1.82) is 0 Å². The molecular weight excluding hydrogens is 533 g/mol. The number of rotatable bonds is 9. The predicted octanol–water partition coefficient (Wildman–Crippen LogP) is 2.37. The van der Waals surface area contributed by atoms with E-state index in [-0.39, 0.29) is 24.0 Å². The summed E-state index contributed by atoms with van der Waals surface area (Å²) in [5.41, 5.74) is 1.17. The maximum Gasteiger partial charge on any atom is 0.193 e. The number of benzene rings is 1. The minimum Gasteiger partial charge on any atom is -0.497 e. The molecule has 8 nitrogen and oxygen atoms in total. The Morgan fingerprint density at radius 2 is 1.73 bits per heavy atom. The summed E-state index contributed by atoms with van der Waals surface area (Å²) in [6.07, 6.45) is 2.48. The highest BCUT2D eigenvalue weighted by Gasteiger charge is 2.23. The number of ether oxygens (including phenoxy) is 3. The van der Waals surface area contributed by atoms with Crippen molar-refractivity contribution in [3.63, 3.8) is 0 Å². The first-order chi connectivity index (χ1) is 15.7. The fraction of sp³-hybridized carbons (Fsp3) is 0.708. The Balaban J connectivity index is 0.00000385. The van der Waals surface area contributed by atoms with Crippen LogP contribution in [0.1, 0.15) is 18.4 Å². The number of piperidine rings is 1. The monoisotopic (exact) mass is 575 g/mol. The Morgan fingerprint density at radius 1 is 1.00 bits per heavy atom. The molecule has 9 heteroatoms. The number of likely N-dealkylation sites (tertiary alicyclic amines) is 1. The largest absolute Gasteiger partial charge is 0.497 e. The Labute approximate surface area is 216 Å². The molecule has 2 aliphatic heterocycles. The van der Waals surface area contributed by atoms with Crippen molar-refractivity contribution in [2.75, 3.05) is 87.3 Å². The van der Waals surface area contributed by atoms with Crippen LogP contribution in [0.3, 0.4) is 0 Å². The van der Waals surface area contributed by atoms with Gasteiger partial charge < -0.3 is 29.3 Å². The van der Waals surface area contributed by atoms with Crippen molar-refractivity contribution in [2.24, 2.45) is 10.9 Å². The summed E-state index contributed by atoms with van der Waals surface area (Å²) in [5.74, 6) is 3.53. The summed E-state index contributed by atoms with van der Waals surface area (Å²) < 4.78 is 16.1. The van der Waals surface area contributed by atoms with Gasteiger partial charge in [0.05, 0.1) is 20.8 Å². The lowest BCUT2D eigenvalue weighted by Crippen LogP contribution is -2.53. The third-order valence-corrected chi connectivity index (χ3v) is 6.63. The molecule has 1 aromatic rings. The second-order valence-electron chi connectivity index (χ2n) is 8.65. The van der Waals surface area contributed by atoms with Gasteiger partial charge in [0.1, 0.15) is 11.5 Å². The maximum absolute atomic E-state index is 5.55. The SMILES string of the molecule is CN=C(NCC1CCN(CCOC)CC1)N1CCN(Cc2cc(OC)ccc2OC)CC1.I. The van der Waals surface area contributed by atoms with E-state index in [1.807, 2.05) is 19.2 Å². The molecule has 0 atom stereocenters. The molecule has 0 radical (unpaired) electrons. The second kappa shape index (κ2) is 14.9. The Kier molecular flexibility index (Phi) is 12.6. The van der Waals surface area contributed by atoms with Crippen LogP contribution >= 0.6 is 24.0 Å². The zero-order valence-electron chi connectivity index (χ0n) is 20.7. The van der Waals surface area contributed by atoms with Crippen molar-refractivity contribution < 1.29 is 14.2 Å². The number of nitrogens with one attached hydrogen (secondary N) is 1. The number of guanidine groups is 1. The number of halogens is 1. The molecule has 0 unspecified atom stereocenters. The fourth-order valence-electron chi connectivity index (χ4n) is 4.57. The molecule has 0 saturated carbocycles. The van der Waals surface area contributed by atoms with Crippen LogP contribution in [0.2, 0.25) is 0 Å². The minimum absolute atomic E-state index is 0. The summed E-state index contributed by atoms with van der Waals surface area (Å²) in [7, 11) is 7.09. The second-order valence-corrected chi connectivity index (χ2v) is 8.65. The Bertz CT molecular complexity index is 720. The van der Waals surface area contributed by atoms with Crippen LogP contribution in [0.5, 0.6) is 11.5 Å². The van der Waals surface area contributed by atoms with E-state index >= 15 is 0 Å². The first-order valence-electron chi connectivity index (χ1n) is 11.8. The summed E-state index contributed by atoms with van der Waals surface area (Å²) in [4.78, 5) is 11.9. The van der Waals surface area contributed by atoms with E-state index in [2.05, 4.69) is 31.1 Å². The average Bonchev–Trinajstić information content (AvgIpc) is 2.84. The zero-order valence-corrected chi connectivity index (χ0v) is 23.0. The highest BCUT2D eigenvalue weighted by Crippen LogP contribution is 2.25. The fourth-order valence-corrected chi connectivity index (χ4v) is 4.57.